The molecule has 5 heteroatoms. The van der Waals surface area contributed by atoms with Crippen LogP contribution in [-0.2, 0) is 4.74 Å². The number of nitrogens with zero attached hydrogens (tertiary/aromatic N) is 4. The van der Waals surface area contributed by atoms with E-state index in [-0.39, 0.29) is 6.10 Å². The van der Waals surface area contributed by atoms with Crippen LogP contribution in [0.1, 0.15) is 18.1 Å². The van der Waals surface area contributed by atoms with E-state index in [9.17, 15) is 0 Å². The second-order valence-corrected chi connectivity index (χ2v) is 5.83. The smallest absolute Gasteiger partial charge is 0.225 e. The molecule has 0 radical (unpaired) electrons. The van der Waals surface area contributed by atoms with Crippen molar-refractivity contribution in [3.63, 3.8) is 0 Å². The van der Waals surface area contributed by atoms with E-state index in [1.54, 1.807) is 19.5 Å². The molecular formula is C18H24N4O. The Morgan fingerprint density at radius 2 is 1.78 bits per heavy atom. The molecule has 0 saturated carbocycles. The average molecular weight is 312 g/mol. The van der Waals surface area contributed by atoms with Crippen LogP contribution in [0, 0.1) is 0 Å². The zero-order valence-corrected chi connectivity index (χ0v) is 13.6. The molecule has 0 N–H and O–H groups in total. The number of benzene rings is 1. The fraction of sp³-hybridized carbons (Fsp3) is 0.444. The number of hydrogen-bond acceptors (Lipinski definition) is 5. The van der Waals surface area contributed by atoms with E-state index in [0.717, 1.165) is 45.1 Å². The van der Waals surface area contributed by atoms with E-state index >= 15 is 0 Å². The van der Waals surface area contributed by atoms with Gasteiger partial charge < -0.3 is 9.64 Å². The Bertz CT molecular complexity index is 578. The number of rotatable bonds is 5. The number of anilines is 1. The molecule has 1 aromatic carbocycles. The quantitative estimate of drug-likeness (QED) is 0.848. The second kappa shape index (κ2) is 8.04. The Kier molecular flexibility index (Phi) is 5.56. The zero-order valence-electron chi connectivity index (χ0n) is 13.6. The summed E-state index contributed by atoms with van der Waals surface area (Å²) in [5.74, 6) is 0.834. The fourth-order valence-corrected chi connectivity index (χ4v) is 3.03. The number of ether oxygens (including phenoxy) is 1. The van der Waals surface area contributed by atoms with Crippen molar-refractivity contribution < 1.29 is 4.74 Å². The highest BCUT2D eigenvalue weighted by atomic mass is 16.5. The predicted octanol–water partition coefficient (Wildman–Crippen LogP) is 2.38. The lowest BCUT2D eigenvalue weighted by atomic mass is 10.1. The maximum Gasteiger partial charge on any atom is 0.225 e. The molecule has 0 amide bonds. The van der Waals surface area contributed by atoms with Crippen molar-refractivity contribution in [1.29, 1.82) is 0 Å². The van der Waals surface area contributed by atoms with Gasteiger partial charge in [0.2, 0.25) is 5.95 Å². The Morgan fingerprint density at radius 3 is 2.52 bits per heavy atom. The number of methoxy groups -OCH3 is 1. The summed E-state index contributed by atoms with van der Waals surface area (Å²) < 4.78 is 5.71. The summed E-state index contributed by atoms with van der Waals surface area (Å²) in [5.41, 5.74) is 1.24. The Labute approximate surface area is 137 Å². The number of hydrogen-bond donors (Lipinski definition) is 0. The van der Waals surface area contributed by atoms with Gasteiger partial charge in [0.15, 0.2) is 0 Å². The van der Waals surface area contributed by atoms with Crippen LogP contribution in [0.4, 0.5) is 5.95 Å². The maximum atomic E-state index is 5.71. The highest BCUT2D eigenvalue weighted by molar-refractivity contribution is 5.28. The van der Waals surface area contributed by atoms with E-state index in [2.05, 4.69) is 44.0 Å². The maximum absolute atomic E-state index is 5.71. The SMILES string of the molecule is CO[C@@H](CN1CCCN(c2ncccn2)CC1)c1ccccc1. The molecule has 0 spiro atoms. The molecule has 1 aromatic heterocycles. The van der Waals surface area contributed by atoms with Gasteiger partial charge in [-0.1, -0.05) is 30.3 Å². The molecule has 1 fully saturated rings. The van der Waals surface area contributed by atoms with Gasteiger partial charge in [-0.05, 0) is 18.1 Å². The van der Waals surface area contributed by atoms with Gasteiger partial charge in [0.05, 0.1) is 6.10 Å². The van der Waals surface area contributed by atoms with Crippen molar-refractivity contribution in [2.24, 2.45) is 0 Å². The first-order chi connectivity index (χ1) is 11.4. The van der Waals surface area contributed by atoms with Crippen LogP contribution in [0.25, 0.3) is 0 Å². The van der Waals surface area contributed by atoms with Crippen LogP contribution < -0.4 is 4.90 Å². The van der Waals surface area contributed by atoms with Crippen LogP contribution in [0.15, 0.2) is 48.8 Å². The standard InChI is InChI=1S/C18H24N4O/c1-23-17(16-7-3-2-4-8-16)15-21-11-6-12-22(14-13-21)18-19-9-5-10-20-18/h2-5,7-10,17H,6,11-15H2,1H3/t17-/m0/s1. The van der Waals surface area contributed by atoms with Crippen molar-refractivity contribution in [1.82, 2.24) is 14.9 Å². The molecule has 0 aliphatic carbocycles. The topological polar surface area (TPSA) is 41.5 Å². The largest absolute Gasteiger partial charge is 0.375 e. The minimum absolute atomic E-state index is 0.121. The van der Waals surface area contributed by atoms with Crippen LogP contribution in [0.2, 0.25) is 0 Å². The Hall–Kier alpha value is -1.98. The van der Waals surface area contributed by atoms with Crippen LogP contribution in [0.3, 0.4) is 0 Å². The van der Waals surface area contributed by atoms with Crippen molar-refractivity contribution >= 4 is 5.95 Å². The molecule has 1 aliphatic heterocycles. The van der Waals surface area contributed by atoms with Gasteiger partial charge in [0.25, 0.3) is 0 Å². The minimum Gasteiger partial charge on any atom is -0.375 e. The summed E-state index contributed by atoms with van der Waals surface area (Å²) in [6.45, 7) is 4.96. The zero-order chi connectivity index (χ0) is 15.9. The van der Waals surface area contributed by atoms with Crippen molar-refractivity contribution in [2.75, 3.05) is 44.7 Å². The lowest BCUT2D eigenvalue weighted by Gasteiger charge is -2.26. The third kappa shape index (κ3) is 4.27. The number of aromatic nitrogens is 2. The highest BCUT2D eigenvalue weighted by Gasteiger charge is 2.20. The first kappa shape index (κ1) is 15.9. The van der Waals surface area contributed by atoms with Gasteiger partial charge in [-0.3, -0.25) is 4.90 Å². The monoisotopic (exact) mass is 312 g/mol. The van der Waals surface area contributed by atoms with Gasteiger partial charge >= 0.3 is 0 Å². The molecule has 2 heterocycles. The average Bonchev–Trinajstić information content (AvgIpc) is 2.87. The molecule has 23 heavy (non-hydrogen) atoms. The molecule has 2 aromatic rings. The Morgan fingerprint density at radius 1 is 1.00 bits per heavy atom. The summed E-state index contributed by atoms with van der Waals surface area (Å²) in [6, 6.07) is 12.3. The summed E-state index contributed by atoms with van der Waals surface area (Å²) in [6.07, 6.45) is 4.85. The van der Waals surface area contributed by atoms with E-state index in [0.29, 0.717) is 0 Å². The summed E-state index contributed by atoms with van der Waals surface area (Å²) >= 11 is 0. The summed E-state index contributed by atoms with van der Waals surface area (Å²) in [7, 11) is 1.79. The van der Waals surface area contributed by atoms with Gasteiger partial charge in [0.1, 0.15) is 0 Å². The van der Waals surface area contributed by atoms with E-state index in [1.165, 1.54) is 5.56 Å². The molecule has 1 aliphatic rings. The lowest BCUT2D eigenvalue weighted by Crippen LogP contribution is -2.34. The first-order valence-corrected chi connectivity index (χ1v) is 8.19. The van der Waals surface area contributed by atoms with Crippen molar-refractivity contribution in [2.45, 2.75) is 12.5 Å². The highest BCUT2D eigenvalue weighted by Crippen LogP contribution is 2.19. The third-order valence-corrected chi connectivity index (χ3v) is 4.30. The summed E-state index contributed by atoms with van der Waals surface area (Å²) in [5, 5.41) is 0. The van der Waals surface area contributed by atoms with Gasteiger partial charge in [-0.2, -0.15) is 0 Å². The predicted molar refractivity (Wildman–Crippen MR) is 91.5 cm³/mol. The molecule has 3 rings (SSSR count). The van der Waals surface area contributed by atoms with Gasteiger partial charge in [-0.15, -0.1) is 0 Å². The lowest BCUT2D eigenvalue weighted by molar-refractivity contribution is 0.0657. The van der Waals surface area contributed by atoms with Crippen molar-refractivity contribution in [3.05, 3.63) is 54.4 Å². The van der Waals surface area contributed by atoms with E-state index < -0.39 is 0 Å². The molecular weight excluding hydrogens is 288 g/mol. The van der Waals surface area contributed by atoms with Crippen molar-refractivity contribution in [3.8, 4) is 0 Å². The van der Waals surface area contributed by atoms with Crippen LogP contribution in [-0.4, -0.2) is 54.7 Å². The fourth-order valence-electron chi connectivity index (χ4n) is 3.03. The molecule has 0 unspecified atom stereocenters. The van der Waals surface area contributed by atoms with Crippen LogP contribution in [0.5, 0.6) is 0 Å². The third-order valence-electron chi connectivity index (χ3n) is 4.30. The molecule has 122 valence electrons. The molecule has 1 atom stereocenters. The molecule has 1 saturated heterocycles. The normalized spacial score (nSPS) is 17.7. The van der Waals surface area contributed by atoms with E-state index in [4.69, 9.17) is 4.74 Å². The molecule has 5 nitrogen and oxygen atoms in total. The van der Waals surface area contributed by atoms with Gasteiger partial charge in [0, 0.05) is 52.2 Å². The second-order valence-electron chi connectivity index (χ2n) is 5.83. The Balaban J connectivity index is 1.59. The first-order valence-electron chi connectivity index (χ1n) is 8.19. The van der Waals surface area contributed by atoms with Gasteiger partial charge in [-0.25, -0.2) is 9.97 Å². The molecule has 0 bridgehead atoms. The van der Waals surface area contributed by atoms with E-state index in [1.807, 2.05) is 12.1 Å². The summed E-state index contributed by atoms with van der Waals surface area (Å²) in [4.78, 5) is 13.5. The van der Waals surface area contributed by atoms with Crippen LogP contribution >= 0.6 is 0 Å². The minimum atomic E-state index is 0.121.